The zero-order chi connectivity index (χ0) is 13.1. The van der Waals surface area contributed by atoms with E-state index in [9.17, 15) is 9.59 Å². The molecule has 0 fully saturated rings. The molecule has 1 heterocycles. The molecule has 1 aromatic heterocycles. The van der Waals surface area contributed by atoms with Crippen molar-refractivity contribution in [1.82, 2.24) is 4.98 Å². The molecule has 1 N–H and O–H groups in total. The maximum atomic E-state index is 11.5. The number of benzene rings is 1. The lowest BCUT2D eigenvalue weighted by atomic mass is 10.1. The van der Waals surface area contributed by atoms with Crippen molar-refractivity contribution in [2.45, 2.75) is 0 Å². The quantitative estimate of drug-likeness (QED) is 0.847. The van der Waals surface area contributed by atoms with E-state index in [1.54, 1.807) is 30.3 Å². The number of ether oxygens (including phenoxy) is 1. The van der Waals surface area contributed by atoms with Crippen LogP contribution in [0.15, 0.2) is 41.2 Å². The summed E-state index contributed by atoms with van der Waals surface area (Å²) in [7, 11) is 1.27. The van der Waals surface area contributed by atoms with E-state index in [4.69, 9.17) is 11.6 Å². The Labute approximate surface area is 108 Å². The van der Waals surface area contributed by atoms with Gasteiger partial charge in [-0.1, -0.05) is 23.7 Å². The number of rotatable bonds is 2. The fourth-order valence-corrected chi connectivity index (χ4v) is 1.69. The first-order chi connectivity index (χ1) is 8.60. The topological polar surface area (TPSA) is 59.2 Å². The van der Waals surface area contributed by atoms with E-state index >= 15 is 0 Å². The van der Waals surface area contributed by atoms with Gasteiger partial charge in [-0.3, -0.25) is 4.79 Å². The highest BCUT2D eigenvalue weighted by Gasteiger charge is 2.09. The van der Waals surface area contributed by atoms with Gasteiger partial charge in [-0.25, -0.2) is 4.79 Å². The smallest absolute Gasteiger partial charge is 0.338 e. The van der Waals surface area contributed by atoms with Crippen LogP contribution in [0.1, 0.15) is 10.4 Å². The van der Waals surface area contributed by atoms with E-state index in [-0.39, 0.29) is 11.1 Å². The minimum absolute atomic E-state index is 0.214. The summed E-state index contributed by atoms with van der Waals surface area (Å²) >= 11 is 5.79. The SMILES string of the molecule is COC(=O)c1cc(-c2ccc(Cl)cc2)[nH]c(=O)c1. The van der Waals surface area contributed by atoms with Gasteiger partial charge in [0.1, 0.15) is 0 Å². The summed E-state index contributed by atoms with van der Waals surface area (Å²) in [6.07, 6.45) is 0. The summed E-state index contributed by atoms with van der Waals surface area (Å²) < 4.78 is 4.59. The van der Waals surface area contributed by atoms with Crippen molar-refractivity contribution in [3.05, 3.63) is 57.3 Å². The van der Waals surface area contributed by atoms with Crippen LogP contribution < -0.4 is 5.56 Å². The van der Waals surface area contributed by atoms with Gasteiger partial charge in [0.05, 0.1) is 12.7 Å². The molecular formula is C13H10ClNO3. The molecule has 0 bridgehead atoms. The molecule has 0 radical (unpaired) electrons. The minimum Gasteiger partial charge on any atom is -0.465 e. The molecule has 1 aromatic carbocycles. The molecule has 18 heavy (non-hydrogen) atoms. The number of hydrogen-bond donors (Lipinski definition) is 1. The lowest BCUT2D eigenvalue weighted by molar-refractivity contribution is 0.0600. The van der Waals surface area contributed by atoms with Crippen molar-refractivity contribution >= 4 is 17.6 Å². The van der Waals surface area contributed by atoms with Crippen LogP contribution in [0.25, 0.3) is 11.3 Å². The highest BCUT2D eigenvalue weighted by Crippen LogP contribution is 2.19. The van der Waals surface area contributed by atoms with Crippen molar-refractivity contribution in [2.75, 3.05) is 7.11 Å². The van der Waals surface area contributed by atoms with Crippen LogP contribution in [0, 0.1) is 0 Å². The Bertz CT molecular complexity index is 631. The van der Waals surface area contributed by atoms with Crippen molar-refractivity contribution in [1.29, 1.82) is 0 Å². The Morgan fingerprint density at radius 1 is 1.22 bits per heavy atom. The lowest BCUT2D eigenvalue weighted by Gasteiger charge is -2.04. The van der Waals surface area contributed by atoms with Gasteiger partial charge in [-0.2, -0.15) is 0 Å². The van der Waals surface area contributed by atoms with Gasteiger partial charge in [0.15, 0.2) is 0 Å². The van der Waals surface area contributed by atoms with Gasteiger partial charge in [-0.15, -0.1) is 0 Å². The number of pyridine rings is 1. The molecule has 0 aliphatic heterocycles. The van der Waals surface area contributed by atoms with E-state index in [0.717, 1.165) is 5.56 Å². The van der Waals surface area contributed by atoms with Crippen LogP contribution in [0.4, 0.5) is 0 Å². The van der Waals surface area contributed by atoms with Crippen LogP contribution in [0.2, 0.25) is 5.02 Å². The Kier molecular flexibility index (Phi) is 3.48. The van der Waals surface area contributed by atoms with Crippen LogP contribution in [0.5, 0.6) is 0 Å². The van der Waals surface area contributed by atoms with Gasteiger partial charge < -0.3 is 9.72 Å². The van der Waals surface area contributed by atoms with Gasteiger partial charge in [0.2, 0.25) is 5.56 Å². The average molecular weight is 264 g/mol. The number of hydrogen-bond acceptors (Lipinski definition) is 3. The van der Waals surface area contributed by atoms with E-state index in [0.29, 0.717) is 10.7 Å². The van der Waals surface area contributed by atoms with Crippen LogP contribution in [0.3, 0.4) is 0 Å². The number of aromatic amines is 1. The number of carbonyl (C=O) groups excluding carboxylic acids is 1. The Hall–Kier alpha value is -2.07. The fourth-order valence-electron chi connectivity index (χ4n) is 1.56. The fraction of sp³-hybridized carbons (Fsp3) is 0.0769. The highest BCUT2D eigenvalue weighted by atomic mass is 35.5. The molecule has 0 aliphatic carbocycles. The number of halogens is 1. The second-order valence-corrected chi connectivity index (χ2v) is 4.08. The molecule has 4 nitrogen and oxygen atoms in total. The predicted octanol–water partition coefficient (Wildman–Crippen LogP) is 2.48. The maximum Gasteiger partial charge on any atom is 0.338 e. The molecule has 0 saturated heterocycles. The molecule has 0 unspecified atom stereocenters. The third kappa shape index (κ3) is 2.60. The standard InChI is InChI=1S/C13H10ClNO3/c1-18-13(17)9-6-11(15-12(16)7-9)8-2-4-10(14)5-3-8/h2-7H,1H3,(H,15,16). The van der Waals surface area contributed by atoms with Gasteiger partial charge >= 0.3 is 5.97 Å². The normalized spacial score (nSPS) is 10.1. The molecule has 2 aromatic rings. The summed E-state index contributed by atoms with van der Waals surface area (Å²) in [5, 5.41) is 0.602. The summed E-state index contributed by atoms with van der Waals surface area (Å²) in [6, 6.07) is 9.70. The van der Waals surface area contributed by atoms with E-state index < -0.39 is 5.97 Å². The average Bonchev–Trinajstić information content (AvgIpc) is 2.38. The second-order valence-electron chi connectivity index (χ2n) is 3.65. The van der Waals surface area contributed by atoms with Crippen molar-refractivity contribution in [2.24, 2.45) is 0 Å². The maximum absolute atomic E-state index is 11.5. The first-order valence-electron chi connectivity index (χ1n) is 5.19. The molecule has 0 spiro atoms. The first kappa shape index (κ1) is 12.4. The van der Waals surface area contributed by atoms with E-state index in [2.05, 4.69) is 9.72 Å². The third-order valence-electron chi connectivity index (χ3n) is 2.42. The third-order valence-corrected chi connectivity index (χ3v) is 2.67. The van der Waals surface area contributed by atoms with E-state index in [1.165, 1.54) is 13.2 Å². The molecular weight excluding hydrogens is 254 g/mol. The lowest BCUT2D eigenvalue weighted by Crippen LogP contribution is -2.11. The molecule has 0 atom stereocenters. The molecule has 92 valence electrons. The summed E-state index contributed by atoms with van der Waals surface area (Å²) in [6.45, 7) is 0. The van der Waals surface area contributed by atoms with E-state index in [1.807, 2.05) is 0 Å². The minimum atomic E-state index is -0.545. The summed E-state index contributed by atoms with van der Waals surface area (Å²) in [5.74, 6) is -0.545. The Balaban J connectivity index is 2.51. The number of carbonyl (C=O) groups is 1. The molecule has 5 heteroatoms. The number of H-pyrrole nitrogens is 1. The first-order valence-corrected chi connectivity index (χ1v) is 5.56. The Morgan fingerprint density at radius 3 is 2.50 bits per heavy atom. The number of aromatic nitrogens is 1. The highest BCUT2D eigenvalue weighted by molar-refractivity contribution is 6.30. The molecule has 0 amide bonds. The number of methoxy groups -OCH3 is 1. The molecule has 0 saturated carbocycles. The van der Waals surface area contributed by atoms with Crippen molar-refractivity contribution in [3.63, 3.8) is 0 Å². The zero-order valence-electron chi connectivity index (χ0n) is 9.57. The van der Waals surface area contributed by atoms with Crippen molar-refractivity contribution in [3.8, 4) is 11.3 Å². The molecule has 0 aliphatic rings. The second kappa shape index (κ2) is 5.06. The monoisotopic (exact) mass is 263 g/mol. The number of esters is 1. The largest absolute Gasteiger partial charge is 0.465 e. The van der Waals surface area contributed by atoms with Crippen molar-refractivity contribution < 1.29 is 9.53 Å². The summed E-state index contributed by atoms with van der Waals surface area (Å²) in [4.78, 5) is 25.5. The zero-order valence-corrected chi connectivity index (χ0v) is 10.3. The van der Waals surface area contributed by atoms with Gasteiger partial charge in [0.25, 0.3) is 0 Å². The molecule has 2 rings (SSSR count). The van der Waals surface area contributed by atoms with Gasteiger partial charge in [0, 0.05) is 16.8 Å². The number of nitrogens with one attached hydrogen (secondary N) is 1. The Morgan fingerprint density at radius 2 is 1.89 bits per heavy atom. The van der Waals surface area contributed by atoms with Gasteiger partial charge in [-0.05, 0) is 23.8 Å². The van der Waals surface area contributed by atoms with Crippen LogP contribution in [-0.4, -0.2) is 18.1 Å². The van der Waals surface area contributed by atoms with Crippen LogP contribution in [-0.2, 0) is 4.74 Å². The van der Waals surface area contributed by atoms with Crippen LogP contribution >= 0.6 is 11.6 Å². The summed E-state index contributed by atoms with van der Waals surface area (Å²) in [5.41, 5.74) is 1.16. The predicted molar refractivity (Wildman–Crippen MR) is 68.8 cm³/mol.